The van der Waals surface area contributed by atoms with Crippen molar-refractivity contribution in [1.82, 2.24) is 4.98 Å². The summed E-state index contributed by atoms with van der Waals surface area (Å²) in [5, 5.41) is 9.29. The van der Waals surface area contributed by atoms with Crippen LogP contribution in [0.2, 0.25) is 0 Å². The van der Waals surface area contributed by atoms with Crippen molar-refractivity contribution in [1.29, 1.82) is 0 Å². The van der Waals surface area contributed by atoms with Gasteiger partial charge in [0.2, 0.25) is 0 Å². The zero-order valence-electron chi connectivity index (χ0n) is 16.1. The van der Waals surface area contributed by atoms with E-state index in [0.29, 0.717) is 5.56 Å². The fraction of sp³-hybridized carbons (Fsp3) is 0.391. The average Bonchev–Trinajstić information content (AvgIpc) is 2.58. The first-order chi connectivity index (χ1) is 12.1. The Morgan fingerprint density at radius 3 is 2.23 bits per heavy atom. The molecule has 0 amide bonds. The summed E-state index contributed by atoms with van der Waals surface area (Å²) in [4.78, 5) is 15.2. The van der Waals surface area contributed by atoms with Gasteiger partial charge >= 0.3 is 5.97 Å². The van der Waals surface area contributed by atoms with Gasteiger partial charge in [-0.05, 0) is 59.4 Å². The first-order valence-corrected chi connectivity index (χ1v) is 8.97. The van der Waals surface area contributed by atoms with Gasteiger partial charge in [0, 0.05) is 23.5 Å². The third-order valence-electron chi connectivity index (χ3n) is 5.58. The Hall–Kier alpha value is -2.60. The standard InChI is InChI=1S/C23H25NO2/c1-15-12-19-20(23(4,5)10-9-22(19,2)3)13-17(15)7-6-16-8-11-24-14-18(16)21(25)26/h8,11-14H,9-10H2,1-5H3,(H,25,26). The van der Waals surface area contributed by atoms with E-state index in [-0.39, 0.29) is 16.4 Å². The van der Waals surface area contributed by atoms with Crippen LogP contribution in [0.5, 0.6) is 0 Å². The molecule has 3 heteroatoms. The molecule has 1 N–H and O–H groups in total. The second kappa shape index (κ2) is 6.29. The van der Waals surface area contributed by atoms with Gasteiger partial charge in [-0.3, -0.25) is 4.98 Å². The zero-order valence-corrected chi connectivity index (χ0v) is 16.1. The van der Waals surface area contributed by atoms with Gasteiger partial charge in [0.15, 0.2) is 0 Å². The third-order valence-corrected chi connectivity index (χ3v) is 5.58. The summed E-state index contributed by atoms with van der Waals surface area (Å²) in [5.74, 6) is 5.23. The van der Waals surface area contributed by atoms with Crippen LogP contribution in [0, 0.1) is 18.8 Å². The molecule has 134 valence electrons. The van der Waals surface area contributed by atoms with Crippen molar-refractivity contribution in [2.24, 2.45) is 0 Å². The lowest BCUT2D eigenvalue weighted by atomic mass is 9.62. The maximum atomic E-state index is 11.3. The number of nitrogens with zero attached hydrogens (tertiary/aromatic N) is 1. The number of carboxylic acid groups (broad SMARTS) is 1. The molecule has 0 radical (unpaired) electrons. The predicted molar refractivity (Wildman–Crippen MR) is 104 cm³/mol. The Kier molecular flexibility index (Phi) is 4.40. The molecule has 0 atom stereocenters. The summed E-state index contributed by atoms with van der Waals surface area (Å²) in [6.07, 6.45) is 5.24. The third kappa shape index (κ3) is 3.24. The van der Waals surface area contributed by atoms with Gasteiger partial charge in [0.1, 0.15) is 0 Å². The molecule has 0 bridgehead atoms. The van der Waals surface area contributed by atoms with Crippen LogP contribution in [-0.4, -0.2) is 16.1 Å². The molecule has 0 saturated heterocycles. The fourth-order valence-electron chi connectivity index (χ4n) is 3.67. The van der Waals surface area contributed by atoms with Crippen molar-refractivity contribution >= 4 is 5.97 Å². The van der Waals surface area contributed by atoms with Crippen LogP contribution in [0.15, 0.2) is 30.6 Å². The highest BCUT2D eigenvalue weighted by Crippen LogP contribution is 2.46. The molecule has 0 saturated carbocycles. The Morgan fingerprint density at radius 1 is 1.04 bits per heavy atom. The van der Waals surface area contributed by atoms with E-state index in [4.69, 9.17) is 0 Å². The van der Waals surface area contributed by atoms with Crippen molar-refractivity contribution in [3.05, 3.63) is 64.0 Å². The van der Waals surface area contributed by atoms with Gasteiger partial charge in [-0.1, -0.05) is 45.6 Å². The van der Waals surface area contributed by atoms with Crippen LogP contribution >= 0.6 is 0 Å². The number of benzene rings is 1. The van der Waals surface area contributed by atoms with Gasteiger partial charge in [0.25, 0.3) is 0 Å². The Morgan fingerprint density at radius 2 is 1.62 bits per heavy atom. The molecular weight excluding hydrogens is 322 g/mol. The molecule has 0 fully saturated rings. The van der Waals surface area contributed by atoms with Crippen LogP contribution in [0.3, 0.4) is 0 Å². The predicted octanol–water partition coefficient (Wildman–Crippen LogP) is 4.84. The molecule has 1 aliphatic carbocycles. The van der Waals surface area contributed by atoms with Gasteiger partial charge in [0.05, 0.1) is 5.56 Å². The number of carboxylic acids is 1. The monoisotopic (exact) mass is 347 g/mol. The molecule has 1 aromatic carbocycles. The highest BCUT2D eigenvalue weighted by molar-refractivity contribution is 5.90. The van der Waals surface area contributed by atoms with Crippen LogP contribution in [0.1, 0.15) is 78.7 Å². The number of hydrogen-bond donors (Lipinski definition) is 1. The lowest BCUT2D eigenvalue weighted by Crippen LogP contribution is -2.34. The number of aryl methyl sites for hydroxylation is 1. The second-order valence-electron chi connectivity index (χ2n) is 8.46. The lowest BCUT2D eigenvalue weighted by molar-refractivity contribution is 0.0696. The fourth-order valence-corrected chi connectivity index (χ4v) is 3.67. The van der Waals surface area contributed by atoms with Gasteiger partial charge in [-0.15, -0.1) is 0 Å². The molecule has 3 nitrogen and oxygen atoms in total. The zero-order chi connectivity index (χ0) is 19.1. The van der Waals surface area contributed by atoms with E-state index in [2.05, 4.69) is 63.6 Å². The first-order valence-electron chi connectivity index (χ1n) is 8.97. The van der Waals surface area contributed by atoms with Gasteiger partial charge in [-0.25, -0.2) is 4.79 Å². The summed E-state index contributed by atoms with van der Waals surface area (Å²) in [6, 6.07) is 6.13. The summed E-state index contributed by atoms with van der Waals surface area (Å²) in [6.45, 7) is 11.3. The normalized spacial score (nSPS) is 17.0. The van der Waals surface area contributed by atoms with Crippen molar-refractivity contribution < 1.29 is 9.90 Å². The molecule has 0 spiro atoms. The van der Waals surface area contributed by atoms with E-state index in [0.717, 1.165) is 17.5 Å². The number of rotatable bonds is 1. The van der Waals surface area contributed by atoms with E-state index in [9.17, 15) is 9.90 Å². The first kappa shape index (κ1) is 18.2. The summed E-state index contributed by atoms with van der Waals surface area (Å²) < 4.78 is 0. The maximum Gasteiger partial charge on any atom is 0.338 e. The van der Waals surface area contributed by atoms with E-state index >= 15 is 0 Å². The minimum Gasteiger partial charge on any atom is -0.478 e. The van der Waals surface area contributed by atoms with Crippen molar-refractivity contribution in [3.8, 4) is 11.8 Å². The van der Waals surface area contributed by atoms with E-state index in [1.54, 1.807) is 12.3 Å². The molecule has 26 heavy (non-hydrogen) atoms. The molecule has 0 unspecified atom stereocenters. The number of carbonyl (C=O) groups is 1. The maximum absolute atomic E-state index is 11.3. The Bertz CT molecular complexity index is 942. The molecule has 0 aliphatic heterocycles. The molecule has 1 aromatic heterocycles. The van der Waals surface area contributed by atoms with E-state index < -0.39 is 5.97 Å². The lowest BCUT2D eigenvalue weighted by Gasteiger charge is -2.42. The topological polar surface area (TPSA) is 50.2 Å². The average molecular weight is 347 g/mol. The number of aromatic nitrogens is 1. The van der Waals surface area contributed by atoms with Crippen LogP contribution in [-0.2, 0) is 10.8 Å². The molecule has 3 rings (SSSR count). The summed E-state index contributed by atoms with van der Waals surface area (Å²) in [7, 11) is 0. The quantitative estimate of drug-likeness (QED) is 0.751. The van der Waals surface area contributed by atoms with Gasteiger partial charge < -0.3 is 5.11 Å². The second-order valence-corrected chi connectivity index (χ2v) is 8.46. The SMILES string of the molecule is Cc1cc2c(cc1C#Cc1ccncc1C(=O)O)C(C)(C)CCC2(C)C. The molecular formula is C23H25NO2. The minimum absolute atomic E-state index is 0.123. The van der Waals surface area contributed by atoms with Crippen LogP contribution in [0.4, 0.5) is 0 Å². The number of fused-ring (bicyclic) bond motifs is 1. The summed E-state index contributed by atoms with van der Waals surface area (Å²) in [5.41, 5.74) is 5.78. The minimum atomic E-state index is -1.01. The van der Waals surface area contributed by atoms with Crippen LogP contribution in [0.25, 0.3) is 0 Å². The Balaban J connectivity index is 2.12. The summed E-state index contributed by atoms with van der Waals surface area (Å²) >= 11 is 0. The molecule has 1 aliphatic rings. The Labute approximate surface area is 155 Å². The largest absolute Gasteiger partial charge is 0.478 e. The molecule has 1 heterocycles. The van der Waals surface area contributed by atoms with Crippen LogP contribution < -0.4 is 0 Å². The number of pyridine rings is 1. The highest BCUT2D eigenvalue weighted by Gasteiger charge is 2.37. The van der Waals surface area contributed by atoms with E-state index in [1.165, 1.54) is 23.7 Å². The number of hydrogen-bond acceptors (Lipinski definition) is 2. The van der Waals surface area contributed by atoms with Crippen molar-refractivity contribution in [2.45, 2.75) is 58.3 Å². The highest BCUT2D eigenvalue weighted by atomic mass is 16.4. The van der Waals surface area contributed by atoms with E-state index in [1.807, 2.05) is 0 Å². The van der Waals surface area contributed by atoms with Crippen molar-refractivity contribution in [2.75, 3.05) is 0 Å². The molecule has 2 aromatic rings. The van der Waals surface area contributed by atoms with Crippen molar-refractivity contribution in [3.63, 3.8) is 0 Å². The van der Waals surface area contributed by atoms with Gasteiger partial charge in [-0.2, -0.15) is 0 Å². The smallest absolute Gasteiger partial charge is 0.338 e. The number of aromatic carboxylic acids is 1.